The minimum atomic E-state index is -0.152. The molecule has 0 aromatic heterocycles. The predicted molar refractivity (Wildman–Crippen MR) is 86.0 cm³/mol. The molecule has 0 radical (unpaired) electrons. The van der Waals surface area contributed by atoms with Crippen molar-refractivity contribution in [2.75, 3.05) is 20.8 Å². The summed E-state index contributed by atoms with van der Waals surface area (Å²) in [6, 6.07) is 16.6. The number of aliphatic hydroxyl groups is 1. The van der Waals surface area contributed by atoms with Crippen molar-refractivity contribution in [1.82, 2.24) is 4.90 Å². The summed E-state index contributed by atoms with van der Waals surface area (Å²) >= 11 is 0. The maximum atomic E-state index is 12.6. The average molecular weight is 299 g/mol. The summed E-state index contributed by atoms with van der Waals surface area (Å²) in [5.41, 5.74) is 1.61. The van der Waals surface area contributed by atoms with Crippen LogP contribution in [-0.4, -0.2) is 36.7 Å². The molecule has 0 aliphatic heterocycles. The Morgan fingerprint density at radius 2 is 1.77 bits per heavy atom. The van der Waals surface area contributed by atoms with Gasteiger partial charge in [-0.25, -0.2) is 0 Å². The molecule has 2 aromatic carbocycles. The van der Waals surface area contributed by atoms with Crippen LogP contribution in [0, 0.1) is 0 Å². The largest absolute Gasteiger partial charge is 0.497 e. The Morgan fingerprint density at radius 3 is 2.32 bits per heavy atom. The Bertz CT molecular complexity index is 595. The van der Waals surface area contributed by atoms with Crippen molar-refractivity contribution in [3.05, 3.63) is 65.7 Å². The SMILES string of the molecule is COc1ccc(C(=O)N(C)C(CCO)c2ccccc2)cc1. The van der Waals surface area contributed by atoms with Crippen LogP contribution in [-0.2, 0) is 0 Å². The number of aliphatic hydroxyl groups excluding tert-OH is 1. The lowest BCUT2D eigenvalue weighted by molar-refractivity contribution is 0.0705. The number of methoxy groups -OCH3 is 1. The summed E-state index contributed by atoms with van der Waals surface area (Å²) in [7, 11) is 3.36. The van der Waals surface area contributed by atoms with Gasteiger partial charge in [-0.3, -0.25) is 4.79 Å². The summed E-state index contributed by atoms with van der Waals surface area (Å²) in [5.74, 6) is 0.638. The Hall–Kier alpha value is -2.33. The minimum Gasteiger partial charge on any atom is -0.497 e. The Morgan fingerprint density at radius 1 is 1.14 bits per heavy atom. The van der Waals surface area contributed by atoms with Gasteiger partial charge < -0.3 is 14.7 Å². The van der Waals surface area contributed by atoms with Crippen LogP contribution >= 0.6 is 0 Å². The predicted octanol–water partition coefficient (Wildman–Crippen LogP) is 2.89. The normalized spacial score (nSPS) is 11.8. The van der Waals surface area contributed by atoms with Crippen LogP contribution in [0.1, 0.15) is 28.4 Å². The number of rotatable bonds is 6. The first-order valence-corrected chi connectivity index (χ1v) is 7.24. The van der Waals surface area contributed by atoms with E-state index in [0.717, 1.165) is 5.56 Å². The highest BCUT2D eigenvalue weighted by atomic mass is 16.5. The van der Waals surface area contributed by atoms with Gasteiger partial charge in [0.1, 0.15) is 5.75 Å². The minimum absolute atomic E-state index is 0.0276. The first kappa shape index (κ1) is 16.0. The van der Waals surface area contributed by atoms with Crippen molar-refractivity contribution >= 4 is 5.91 Å². The molecule has 1 atom stereocenters. The van der Waals surface area contributed by atoms with E-state index in [4.69, 9.17) is 4.74 Å². The summed E-state index contributed by atoms with van der Waals surface area (Å²) in [4.78, 5) is 14.3. The molecule has 4 nitrogen and oxygen atoms in total. The van der Waals surface area contributed by atoms with Gasteiger partial charge in [0.2, 0.25) is 0 Å². The second-order valence-corrected chi connectivity index (χ2v) is 5.08. The number of hydrogen-bond acceptors (Lipinski definition) is 3. The van der Waals surface area contributed by atoms with Gasteiger partial charge in [-0.2, -0.15) is 0 Å². The molecule has 2 aromatic rings. The number of ether oxygens (including phenoxy) is 1. The van der Waals surface area contributed by atoms with Gasteiger partial charge >= 0.3 is 0 Å². The molecule has 0 fully saturated rings. The van der Waals surface area contributed by atoms with Crippen LogP contribution in [0.25, 0.3) is 0 Å². The molecule has 0 saturated heterocycles. The number of carbonyl (C=O) groups excluding carboxylic acids is 1. The summed E-state index contributed by atoms with van der Waals surface area (Å²) in [6.07, 6.45) is 0.502. The fourth-order valence-electron chi connectivity index (χ4n) is 2.46. The van der Waals surface area contributed by atoms with E-state index in [-0.39, 0.29) is 18.6 Å². The first-order chi connectivity index (χ1) is 10.7. The summed E-state index contributed by atoms with van der Waals surface area (Å²) in [5, 5.41) is 9.31. The third-order valence-corrected chi connectivity index (χ3v) is 3.71. The quantitative estimate of drug-likeness (QED) is 0.892. The second-order valence-electron chi connectivity index (χ2n) is 5.08. The van der Waals surface area contributed by atoms with E-state index < -0.39 is 0 Å². The standard InChI is InChI=1S/C18H21NO3/c1-19(17(12-13-20)14-6-4-3-5-7-14)18(21)15-8-10-16(22-2)11-9-15/h3-11,17,20H,12-13H2,1-2H3. The van der Waals surface area contributed by atoms with E-state index in [1.54, 1.807) is 43.3 Å². The molecule has 0 bridgehead atoms. The van der Waals surface area contributed by atoms with E-state index in [0.29, 0.717) is 17.7 Å². The second kappa shape index (κ2) is 7.61. The van der Waals surface area contributed by atoms with Crippen molar-refractivity contribution in [3.63, 3.8) is 0 Å². The summed E-state index contributed by atoms with van der Waals surface area (Å²) < 4.78 is 5.11. The van der Waals surface area contributed by atoms with Gasteiger partial charge in [-0.15, -0.1) is 0 Å². The lowest BCUT2D eigenvalue weighted by atomic mass is 10.0. The van der Waals surface area contributed by atoms with Crippen molar-refractivity contribution < 1.29 is 14.6 Å². The Balaban J connectivity index is 2.22. The number of amides is 1. The van der Waals surface area contributed by atoms with Gasteiger partial charge in [-0.05, 0) is 36.2 Å². The zero-order valence-electron chi connectivity index (χ0n) is 12.9. The van der Waals surface area contributed by atoms with Crippen molar-refractivity contribution in [1.29, 1.82) is 0 Å². The molecule has 0 spiro atoms. The molecule has 2 rings (SSSR count). The van der Waals surface area contributed by atoms with Crippen molar-refractivity contribution in [2.45, 2.75) is 12.5 Å². The molecule has 1 amide bonds. The van der Waals surface area contributed by atoms with E-state index in [2.05, 4.69) is 0 Å². The summed E-state index contributed by atoms with van der Waals surface area (Å²) in [6.45, 7) is 0.0276. The van der Waals surface area contributed by atoms with Gasteiger partial charge in [0.15, 0.2) is 0 Å². The highest BCUT2D eigenvalue weighted by molar-refractivity contribution is 5.94. The smallest absolute Gasteiger partial charge is 0.254 e. The van der Waals surface area contributed by atoms with E-state index >= 15 is 0 Å². The maximum Gasteiger partial charge on any atom is 0.254 e. The van der Waals surface area contributed by atoms with E-state index in [1.807, 2.05) is 30.3 Å². The highest BCUT2D eigenvalue weighted by Crippen LogP contribution is 2.24. The molecule has 1 unspecified atom stereocenters. The molecule has 1 N–H and O–H groups in total. The Kier molecular flexibility index (Phi) is 5.55. The van der Waals surface area contributed by atoms with Crippen LogP contribution < -0.4 is 4.74 Å². The lowest BCUT2D eigenvalue weighted by Gasteiger charge is -2.28. The van der Waals surface area contributed by atoms with E-state index in [9.17, 15) is 9.90 Å². The first-order valence-electron chi connectivity index (χ1n) is 7.24. The zero-order chi connectivity index (χ0) is 15.9. The van der Waals surface area contributed by atoms with Gasteiger partial charge in [0, 0.05) is 19.2 Å². The lowest BCUT2D eigenvalue weighted by Crippen LogP contribution is -2.31. The third kappa shape index (κ3) is 3.65. The van der Waals surface area contributed by atoms with Crippen LogP contribution in [0.3, 0.4) is 0 Å². The maximum absolute atomic E-state index is 12.6. The van der Waals surface area contributed by atoms with Crippen LogP contribution in [0.5, 0.6) is 5.75 Å². The molecule has 4 heteroatoms. The molecule has 0 aliphatic rings. The molecular formula is C18H21NO3. The molecule has 22 heavy (non-hydrogen) atoms. The van der Waals surface area contributed by atoms with Gasteiger partial charge in [-0.1, -0.05) is 30.3 Å². The van der Waals surface area contributed by atoms with E-state index in [1.165, 1.54) is 0 Å². The topological polar surface area (TPSA) is 49.8 Å². The van der Waals surface area contributed by atoms with Crippen molar-refractivity contribution in [3.8, 4) is 5.75 Å². The van der Waals surface area contributed by atoms with Crippen LogP contribution in [0.15, 0.2) is 54.6 Å². The number of benzene rings is 2. The number of carbonyl (C=O) groups is 1. The van der Waals surface area contributed by atoms with Gasteiger partial charge in [0.05, 0.1) is 13.2 Å². The molecule has 116 valence electrons. The Labute approximate surface area is 131 Å². The molecular weight excluding hydrogens is 278 g/mol. The molecule has 0 saturated carbocycles. The highest BCUT2D eigenvalue weighted by Gasteiger charge is 2.22. The molecule has 0 heterocycles. The average Bonchev–Trinajstić information content (AvgIpc) is 2.59. The van der Waals surface area contributed by atoms with Gasteiger partial charge in [0.25, 0.3) is 5.91 Å². The fourth-order valence-corrected chi connectivity index (χ4v) is 2.46. The monoisotopic (exact) mass is 299 g/mol. The zero-order valence-corrected chi connectivity index (χ0v) is 12.9. The number of hydrogen-bond donors (Lipinski definition) is 1. The third-order valence-electron chi connectivity index (χ3n) is 3.71. The van der Waals surface area contributed by atoms with Crippen LogP contribution in [0.4, 0.5) is 0 Å². The fraction of sp³-hybridized carbons (Fsp3) is 0.278. The number of nitrogens with zero attached hydrogens (tertiary/aromatic N) is 1. The van der Waals surface area contributed by atoms with Crippen LogP contribution in [0.2, 0.25) is 0 Å². The van der Waals surface area contributed by atoms with Crippen molar-refractivity contribution in [2.24, 2.45) is 0 Å². The molecule has 0 aliphatic carbocycles.